The summed E-state index contributed by atoms with van der Waals surface area (Å²) in [5.74, 6) is 0. The molecule has 4 heavy (non-hydrogen) atoms. The van der Waals surface area contributed by atoms with Gasteiger partial charge in [-0.3, -0.25) is 0 Å². The van der Waals surface area contributed by atoms with Crippen LogP contribution in [0.5, 0.6) is 0 Å². The van der Waals surface area contributed by atoms with Gasteiger partial charge in [-0.15, -0.1) is 0 Å². The third-order valence-electron chi connectivity index (χ3n) is 0.189. The predicted molar refractivity (Wildman–Crippen MR) is 32.9 cm³/mol. The normalized spacial score (nSPS) is 14.2. The number of rotatable bonds is 1. The van der Waals surface area contributed by atoms with E-state index >= 15 is 0 Å². The Balaban J connectivity index is 1.97. The SMILES string of the molecule is Cl[SiH2][SiH2][GeH3]. The van der Waals surface area contributed by atoms with Crippen molar-refractivity contribution in [1.29, 1.82) is 0 Å². The molecule has 0 atom stereocenters. The molecule has 0 nitrogen and oxygen atoms in total. The van der Waals surface area contributed by atoms with Crippen molar-refractivity contribution in [2.45, 2.75) is 0 Å². The van der Waals surface area contributed by atoms with E-state index in [0.29, 0.717) is 7.56 Å². The number of halogens is 1. The summed E-state index contributed by atoms with van der Waals surface area (Å²) in [6.45, 7) is 0. The van der Waals surface area contributed by atoms with Crippen LogP contribution in [-0.4, -0.2) is 31.8 Å². The predicted octanol–water partition coefficient (Wildman–Crippen LogP) is -2.33. The van der Waals surface area contributed by atoms with Crippen molar-refractivity contribution in [2.75, 3.05) is 0 Å². The first kappa shape index (κ1) is 5.27. The molecule has 0 N–H and O–H groups in total. The minimum absolute atomic E-state index is 0.119. The average molecular weight is 171 g/mol. The molecule has 0 amide bonds. The molecule has 0 aliphatic heterocycles. The van der Waals surface area contributed by atoms with E-state index in [2.05, 4.69) is 0 Å². The van der Waals surface area contributed by atoms with E-state index in [1.807, 2.05) is 0 Å². The standard InChI is InChI=1S/ClGeH7Si2/c1-3-4-2/h3-4H2,2H3. The summed E-state index contributed by atoms with van der Waals surface area (Å²) < 4.78 is 0. The Morgan fingerprint density at radius 2 is 2.00 bits per heavy atom. The van der Waals surface area contributed by atoms with Gasteiger partial charge in [0.1, 0.15) is 0 Å². The summed E-state index contributed by atoms with van der Waals surface area (Å²) in [5.41, 5.74) is 0. The molecule has 0 aromatic heterocycles. The molecule has 0 unspecified atom stereocenters. The molecule has 0 radical (unpaired) electrons. The van der Waals surface area contributed by atoms with Crippen molar-refractivity contribution >= 4 is 42.8 Å². The first-order chi connectivity index (χ1) is 1.91. The molecule has 0 saturated heterocycles. The molecule has 0 saturated carbocycles. The molecular weight excluding hydrogens is 164 g/mol. The zero-order valence-corrected chi connectivity index (χ0v) is 10.6. The molecule has 0 heterocycles. The van der Waals surface area contributed by atoms with Crippen LogP contribution in [0.15, 0.2) is 0 Å². The number of hydrogen-bond donors (Lipinski definition) is 0. The topological polar surface area (TPSA) is 0 Å². The van der Waals surface area contributed by atoms with Gasteiger partial charge in [0.2, 0.25) is 0 Å². The Morgan fingerprint density at radius 1 is 1.75 bits per heavy atom. The van der Waals surface area contributed by atoms with Gasteiger partial charge < -0.3 is 0 Å². The molecule has 0 aromatic rings. The Kier molecular flexibility index (Phi) is 5.62. The summed E-state index contributed by atoms with van der Waals surface area (Å²) in [6.07, 6.45) is 0. The third kappa shape index (κ3) is 3.27. The fourth-order valence-electron chi connectivity index (χ4n) is 0. The van der Waals surface area contributed by atoms with E-state index in [4.69, 9.17) is 11.1 Å². The number of hydrogen-bond acceptors (Lipinski definition) is 0. The zero-order valence-electron chi connectivity index (χ0n) is 2.79. The van der Waals surface area contributed by atoms with Crippen molar-refractivity contribution in [3.05, 3.63) is 0 Å². The van der Waals surface area contributed by atoms with E-state index in [1.54, 1.807) is 0 Å². The summed E-state index contributed by atoms with van der Waals surface area (Å²) in [7, 11) is 0.635. The van der Waals surface area contributed by atoms with Crippen molar-refractivity contribution < 1.29 is 0 Å². The summed E-state index contributed by atoms with van der Waals surface area (Å²) in [5, 5.41) is 0. The van der Waals surface area contributed by atoms with Crippen molar-refractivity contribution in [1.82, 2.24) is 0 Å². The van der Waals surface area contributed by atoms with E-state index < -0.39 is 0 Å². The van der Waals surface area contributed by atoms with Crippen molar-refractivity contribution in [2.24, 2.45) is 0 Å². The fourth-order valence-corrected chi connectivity index (χ4v) is 0. The van der Waals surface area contributed by atoms with Crippen LogP contribution in [-0.2, 0) is 0 Å². The zero-order chi connectivity index (χ0) is 3.41. The maximum absolute atomic E-state index is 5.43. The van der Waals surface area contributed by atoms with E-state index in [1.165, 1.54) is 15.9 Å². The van der Waals surface area contributed by atoms with Crippen LogP contribution in [0.25, 0.3) is 0 Å². The molecule has 0 rings (SSSR count). The second kappa shape index (κ2) is 4.27. The Labute approximate surface area is 43.1 Å². The first-order valence-corrected chi connectivity index (χ1v) is 17.9. The molecule has 26 valence electrons. The van der Waals surface area contributed by atoms with Crippen LogP contribution in [0.4, 0.5) is 0 Å². The second-order valence-electron chi connectivity index (χ2n) is 0.689. The molecule has 0 aromatic carbocycles. The molecule has 0 aliphatic carbocycles. The Morgan fingerprint density at radius 3 is 2.00 bits per heavy atom. The second-order valence-corrected chi connectivity index (χ2v) is 28.5. The summed E-state index contributed by atoms with van der Waals surface area (Å²) in [6, 6.07) is 0. The van der Waals surface area contributed by atoms with Crippen LogP contribution < -0.4 is 0 Å². The molecule has 0 bridgehead atoms. The van der Waals surface area contributed by atoms with Crippen LogP contribution in [0.3, 0.4) is 0 Å². The van der Waals surface area contributed by atoms with Crippen LogP contribution in [0.2, 0.25) is 0 Å². The van der Waals surface area contributed by atoms with Gasteiger partial charge in [0.05, 0.1) is 0 Å². The molecule has 0 aliphatic rings. The van der Waals surface area contributed by atoms with Gasteiger partial charge in [0.15, 0.2) is 0 Å². The van der Waals surface area contributed by atoms with Crippen molar-refractivity contribution in [3.63, 3.8) is 0 Å². The average Bonchev–Trinajstić information content (AvgIpc) is 1.37. The molecule has 0 spiro atoms. The van der Waals surface area contributed by atoms with Crippen LogP contribution >= 0.6 is 11.1 Å². The maximum atomic E-state index is 5.43. The van der Waals surface area contributed by atoms with Crippen LogP contribution in [0, 0.1) is 0 Å². The molecular formula is H7ClGeSi2. The monoisotopic (exact) mass is 172 g/mol. The van der Waals surface area contributed by atoms with Crippen LogP contribution in [0.1, 0.15) is 0 Å². The van der Waals surface area contributed by atoms with Gasteiger partial charge in [-0.25, -0.2) is 0 Å². The van der Waals surface area contributed by atoms with Gasteiger partial charge in [0, 0.05) is 0 Å². The summed E-state index contributed by atoms with van der Waals surface area (Å²) in [4.78, 5) is 0. The minimum atomic E-state index is 0.119. The first-order valence-electron chi connectivity index (χ1n) is 1.47. The van der Waals surface area contributed by atoms with Gasteiger partial charge in [-0.2, -0.15) is 0 Å². The molecule has 0 fully saturated rings. The third-order valence-corrected chi connectivity index (χ3v) is 26.5. The molecule has 4 heteroatoms. The van der Waals surface area contributed by atoms with Gasteiger partial charge >= 0.3 is 42.8 Å². The van der Waals surface area contributed by atoms with Crippen molar-refractivity contribution in [3.8, 4) is 0 Å². The van der Waals surface area contributed by atoms with E-state index in [0.717, 1.165) is 0 Å². The van der Waals surface area contributed by atoms with Gasteiger partial charge in [-0.1, -0.05) is 0 Å². The van der Waals surface area contributed by atoms with Gasteiger partial charge in [-0.05, 0) is 0 Å². The summed E-state index contributed by atoms with van der Waals surface area (Å²) >= 11 is 6.61. The Bertz CT molecular complexity index is 8.00. The van der Waals surface area contributed by atoms with E-state index in [-0.39, 0.29) is 8.35 Å². The van der Waals surface area contributed by atoms with Gasteiger partial charge in [0.25, 0.3) is 0 Å². The quantitative estimate of drug-likeness (QED) is 0.307. The van der Waals surface area contributed by atoms with E-state index in [9.17, 15) is 0 Å². The fraction of sp³-hybridized carbons (Fsp3) is 0. The Hall–Kier alpha value is 1.27.